The topological polar surface area (TPSA) is 38.9 Å². The van der Waals surface area contributed by atoms with Gasteiger partial charge in [0, 0.05) is 16.7 Å². The molecule has 0 unspecified atom stereocenters. The Morgan fingerprint density at radius 3 is 2.58 bits per heavy atom. The number of hydrogen-bond acceptors (Lipinski definition) is 2. The number of nitrogens with zero attached hydrogens (tertiary/aromatic N) is 1. The molecule has 2 N–H and O–H groups in total. The van der Waals surface area contributed by atoms with E-state index in [1.165, 1.54) is 5.56 Å². The third kappa shape index (κ3) is 2.73. The molecule has 0 aliphatic carbocycles. The molecule has 12 heavy (non-hydrogen) atoms. The second-order valence-electron chi connectivity index (χ2n) is 2.65. The normalized spacial score (nSPS) is 12.0. The third-order valence-corrected chi connectivity index (χ3v) is 2.36. The minimum atomic E-state index is 0. The summed E-state index contributed by atoms with van der Waals surface area (Å²) in [6.07, 6.45) is 1.79. The van der Waals surface area contributed by atoms with E-state index in [0.717, 1.165) is 10.2 Å². The molecule has 0 spiro atoms. The largest absolute Gasteiger partial charge is 0.323 e. The van der Waals surface area contributed by atoms with E-state index in [0.29, 0.717) is 0 Å². The van der Waals surface area contributed by atoms with E-state index in [9.17, 15) is 0 Å². The van der Waals surface area contributed by atoms with Crippen LogP contribution in [-0.4, -0.2) is 4.98 Å². The van der Waals surface area contributed by atoms with Gasteiger partial charge in [-0.1, -0.05) is 0 Å². The van der Waals surface area contributed by atoms with Crippen molar-refractivity contribution in [2.24, 2.45) is 5.73 Å². The summed E-state index contributed by atoms with van der Waals surface area (Å²) >= 11 is 3.38. The lowest BCUT2D eigenvalue weighted by Crippen LogP contribution is -2.07. The summed E-state index contributed by atoms with van der Waals surface area (Å²) < 4.78 is 1.03. The zero-order valence-corrected chi connectivity index (χ0v) is 9.45. The fourth-order valence-corrected chi connectivity index (χ4v) is 1.03. The molecule has 0 saturated carbocycles. The van der Waals surface area contributed by atoms with Crippen LogP contribution in [0.4, 0.5) is 0 Å². The first-order chi connectivity index (χ1) is 5.11. The lowest BCUT2D eigenvalue weighted by molar-refractivity contribution is 0.778. The summed E-state index contributed by atoms with van der Waals surface area (Å²) in [5, 5.41) is 0. The average molecular weight is 252 g/mol. The highest BCUT2D eigenvalue weighted by molar-refractivity contribution is 9.10. The summed E-state index contributed by atoms with van der Waals surface area (Å²) in [4.78, 5) is 4.17. The first-order valence-corrected chi connectivity index (χ1v) is 4.28. The fraction of sp³-hybridized carbons (Fsp3) is 0.375. The van der Waals surface area contributed by atoms with Crippen molar-refractivity contribution in [1.82, 2.24) is 4.98 Å². The molecule has 0 bridgehead atoms. The van der Waals surface area contributed by atoms with E-state index >= 15 is 0 Å². The summed E-state index contributed by atoms with van der Waals surface area (Å²) in [6, 6.07) is 2.01. The van der Waals surface area contributed by atoms with Crippen molar-refractivity contribution in [2.45, 2.75) is 19.9 Å². The van der Waals surface area contributed by atoms with Crippen LogP contribution in [0.2, 0.25) is 0 Å². The second kappa shape index (κ2) is 4.80. The molecule has 0 radical (unpaired) electrons. The maximum absolute atomic E-state index is 5.65. The highest BCUT2D eigenvalue weighted by Crippen LogP contribution is 2.16. The van der Waals surface area contributed by atoms with E-state index in [4.69, 9.17) is 5.73 Å². The van der Waals surface area contributed by atoms with E-state index in [2.05, 4.69) is 20.9 Å². The van der Waals surface area contributed by atoms with Gasteiger partial charge in [0.2, 0.25) is 0 Å². The lowest BCUT2D eigenvalue weighted by Gasteiger charge is -2.05. The third-order valence-electron chi connectivity index (χ3n) is 1.53. The molecular formula is C8H12BrClN2. The number of rotatable bonds is 1. The molecule has 1 aromatic heterocycles. The molecule has 1 heterocycles. The van der Waals surface area contributed by atoms with Crippen LogP contribution in [0.1, 0.15) is 24.2 Å². The Morgan fingerprint density at radius 2 is 2.17 bits per heavy atom. The summed E-state index contributed by atoms with van der Waals surface area (Å²) in [5.74, 6) is 0. The smallest absolute Gasteiger partial charge is 0.0571 e. The van der Waals surface area contributed by atoms with Gasteiger partial charge in [0.05, 0.1) is 5.69 Å². The molecule has 1 atom stereocenters. The Morgan fingerprint density at radius 1 is 1.58 bits per heavy atom. The Kier molecular flexibility index (Phi) is 4.75. The monoisotopic (exact) mass is 250 g/mol. The Bertz CT molecular complexity index is 263. The fourth-order valence-electron chi connectivity index (χ4n) is 0.810. The number of hydrogen-bond donors (Lipinski definition) is 1. The molecule has 0 saturated heterocycles. The zero-order valence-electron chi connectivity index (χ0n) is 7.04. The molecule has 1 aromatic rings. The molecule has 4 heteroatoms. The van der Waals surface area contributed by atoms with Gasteiger partial charge in [-0.05, 0) is 41.4 Å². The van der Waals surface area contributed by atoms with Crippen LogP contribution in [0.5, 0.6) is 0 Å². The molecule has 68 valence electrons. The molecule has 0 fully saturated rings. The maximum atomic E-state index is 5.65. The van der Waals surface area contributed by atoms with Gasteiger partial charge in [-0.25, -0.2) is 0 Å². The van der Waals surface area contributed by atoms with Gasteiger partial charge in [-0.15, -0.1) is 12.4 Å². The van der Waals surface area contributed by atoms with Gasteiger partial charge in [-0.2, -0.15) is 0 Å². The minimum Gasteiger partial charge on any atom is -0.323 e. The van der Waals surface area contributed by atoms with Crippen molar-refractivity contribution in [3.63, 3.8) is 0 Å². The molecule has 2 nitrogen and oxygen atoms in total. The van der Waals surface area contributed by atoms with Crippen LogP contribution in [0.3, 0.4) is 0 Å². The van der Waals surface area contributed by atoms with Gasteiger partial charge in [0.15, 0.2) is 0 Å². The maximum Gasteiger partial charge on any atom is 0.0571 e. The number of aromatic nitrogens is 1. The molecular weight excluding hydrogens is 239 g/mol. The Hall–Kier alpha value is -0.120. The van der Waals surface area contributed by atoms with Crippen LogP contribution < -0.4 is 5.73 Å². The molecule has 0 aromatic carbocycles. The first kappa shape index (κ1) is 11.9. The molecule has 0 amide bonds. The molecule has 0 aliphatic rings. The number of pyridine rings is 1. The first-order valence-electron chi connectivity index (χ1n) is 3.49. The summed E-state index contributed by atoms with van der Waals surface area (Å²) in [6.45, 7) is 3.95. The van der Waals surface area contributed by atoms with Crippen LogP contribution in [0.25, 0.3) is 0 Å². The zero-order chi connectivity index (χ0) is 8.43. The van der Waals surface area contributed by atoms with Crippen molar-refractivity contribution < 1.29 is 0 Å². The van der Waals surface area contributed by atoms with Gasteiger partial charge in [0.25, 0.3) is 0 Å². The number of halogens is 2. The molecule has 1 rings (SSSR count). The minimum absolute atomic E-state index is 0. The van der Waals surface area contributed by atoms with E-state index in [1.807, 2.05) is 19.9 Å². The van der Waals surface area contributed by atoms with Crippen LogP contribution in [0.15, 0.2) is 16.7 Å². The highest BCUT2D eigenvalue weighted by atomic mass is 79.9. The highest BCUT2D eigenvalue weighted by Gasteiger charge is 2.02. The lowest BCUT2D eigenvalue weighted by atomic mass is 10.2. The second-order valence-corrected chi connectivity index (χ2v) is 3.50. The van der Waals surface area contributed by atoms with Crippen LogP contribution in [-0.2, 0) is 0 Å². The molecule has 0 aliphatic heterocycles. The van der Waals surface area contributed by atoms with Gasteiger partial charge < -0.3 is 5.73 Å². The van der Waals surface area contributed by atoms with E-state index in [1.54, 1.807) is 6.20 Å². The van der Waals surface area contributed by atoms with Gasteiger partial charge in [0.1, 0.15) is 0 Å². The SMILES string of the molecule is Cc1cc([C@H](C)N)ncc1Br.Cl. The Labute approximate surface area is 87.1 Å². The average Bonchev–Trinajstić information content (AvgIpc) is 1.94. The summed E-state index contributed by atoms with van der Waals surface area (Å²) in [5.41, 5.74) is 7.76. The van der Waals surface area contributed by atoms with Crippen molar-refractivity contribution >= 4 is 28.3 Å². The number of aryl methyl sites for hydroxylation is 1. The van der Waals surface area contributed by atoms with Crippen LogP contribution >= 0.6 is 28.3 Å². The van der Waals surface area contributed by atoms with Gasteiger partial charge >= 0.3 is 0 Å². The van der Waals surface area contributed by atoms with E-state index < -0.39 is 0 Å². The van der Waals surface area contributed by atoms with Crippen molar-refractivity contribution in [2.75, 3.05) is 0 Å². The summed E-state index contributed by atoms with van der Waals surface area (Å²) in [7, 11) is 0. The van der Waals surface area contributed by atoms with Crippen molar-refractivity contribution in [1.29, 1.82) is 0 Å². The van der Waals surface area contributed by atoms with Crippen molar-refractivity contribution in [3.05, 3.63) is 28.0 Å². The number of nitrogens with two attached hydrogens (primary N) is 1. The van der Waals surface area contributed by atoms with Crippen LogP contribution in [0, 0.1) is 6.92 Å². The predicted octanol–water partition coefficient (Wildman–Crippen LogP) is 2.59. The van der Waals surface area contributed by atoms with Crippen molar-refractivity contribution in [3.8, 4) is 0 Å². The quantitative estimate of drug-likeness (QED) is 0.833. The van der Waals surface area contributed by atoms with Gasteiger partial charge in [-0.3, -0.25) is 4.98 Å². The standard InChI is InChI=1S/C8H11BrN2.ClH/c1-5-3-8(6(2)10)11-4-7(5)9;/h3-4,6H,10H2,1-2H3;1H/t6-;/m0./s1. The van der Waals surface area contributed by atoms with E-state index in [-0.39, 0.29) is 18.4 Å². The Balaban J connectivity index is 0.00000121. The predicted molar refractivity (Wildman–Crippen MR) is 56.5 cm³/mol.